The Labute approximate surface area is 210 Å². The molecule has 0 fully saturated rings. The third-order valence-corrected chi connectivity index (χ3v) is 9.30. The minimum atomic E-state index is 0.923. The Hall–Kier alpha value is -3.92. The van der Waals surface area contributed by atoms with E-state index >= 15 is 0 Å². The van der Waals surface area contributed by atoms with Crippen molar-refractivity contribution in [2.75, 3.05) is 0 Å². The monoisotopic (exact) mass is 482 g/mol. The predicted molar refractivity (Wildman–Crippen MR) is 151 cm³/mol. The van der Waals surface area contributed by atoms with Crippen LogP contribution in [-0.4, -0.2) is 0 Å². The summed E-state index contributed by atoms with van der Waals surface area (Å²) in [7, 11) is 0. The minimum Gasteiger partial charge on any atom is -0.456 e. The molecule has 0 unspecified atom stereocenters. The SMILES string of the molecule is c1cc2c3c(cccc3c1)-c1cc(-c3ccc(-c4cccc5c4sc4ccccc45)s3)ccc1O2. The number of hydrogen-bond donors (Lipinski definition) is 0. The van der Waals surface area contributed by atoms with Gasteiger partial charge < -0.3 is 4.74 Å². The fraction of sp³-hybridized carbons (Fsp3) is 0. The highest BCUT2D eigenvalue weighted by Crippen LogP contribution is 2.48. The van der Waals surface area contributed by atoms with Crippen LogP contribution in [0.1, 0.15) is 0 Å². The summed E-state index contributed by atoms with van der Waals surface area (Å²) < 4.78 is 9.01. The van der Waals surface area contributed by atoms with Crippen molar-refractivity contribution < 1.29 is 4.74 Å². The van der Waals surface area contributed by atoms with E-state index in [-0.39, 0.29) is 0 Å². The van der Waals surface area contributed by atoms with Crippen LogP contribution in [0.2, 0.25) is 0 Å². The van der Waals surface area contributed by atoms with Crippen molar-refractivity contribution >= 4 is 53.6 Å². The van der Waals surface area contributed by atoms with Crippen LogP contribution in [-0.2, 0) is 0 Å². The summed E-state index contributed by atoms with van der Waals surface area (Å²) in [4.78, 5) is 2.57. The van der Waals surface area contributed by atoms with Crippen molar-refractivity contribution in [3.8, 4) is 43.5 Å². The van der Waals surface area contributed by atoms with Gasteiger partial charge in [-0.3, -0.25) is 0 Å². The lowest BCUT2D eigenvalue weighted by Gasteiger charge is -2.21. The molecule has 0 aliphatic carbocycles. The minimum absolute atomic E-state index is 0.923. The molecule has 0 bridgehead atoms. The Morgan fingerprint density at radius 3 is 2.29 bits per heavy atom. The molecule has 0 saturated carbocycles. The van der Waals surface area contributed by atoms with Gasteiger partial charge in [0.2, 0.25) is 0 Å². The zero-order chi connectivity index (χ0) is 22.9. The molecule has 1 aliphatic rings. The fourth-order valence-corrected chi connectivity index (χ4v) is 7.63. The molecule has 0 saturated heterocycles. The van der Waals surface area contributed by atoms with E-state index in [1.807, 2.05) is 22.7 Å². The maximum Gasteiger partial charge on any atom is 0.135 e. The molecular formula is C32H18OS2. The van der Waals surface area contributed by atoms with Gasteiger partial charge in [-0.2, -0.15) is 0 Å². The highest BCUT2D eigenvalue weighted by atomic mass is 32.1. The maximum atomic E-state index is 6.30. The van der Waals surface area contributed by atoms with Crippen molar-refractivity contribution in [2.45, 2.75) is 0 Å². The summed E-state index contributed by atoms with van der Waals surface area (Å²) >= 11 is 3.75. The van der Waals surface area contributed by atoms with E-state index in [0.717, 1.165) is 17.1 Å². The van der Waals surface area contributed by atoms with Crippen LogP contribution in [0.15, 0.2) is 109 Å². The second-order valence-corrected chi connectivity index (χ2v) is 11.1. The molecule has 164 valence electrons. The zero-order valence-electron chi connectivity index (χ0n) is 18.6. The van der Waals surface area contributed by atoms with Gasteiger partial charge in [0.05, 0.1) is 0 Å². The second-order valence-electron chi connectivity index (χ2n) is 8.92. The Morgan fingerprint density at radius 1 is 0.514 bits per heavy atom. The first kappa shape index (κ1) is 19.4. The number of hydrogen-bond acceptors (Lipinski definition) is 3. The van der Waals surface area contributed by atoms with Crippen molar-refractivity contribution in [2.24, 2.45) is 0 Å². The smallest absolute Gasteiger partial charge is 0.135 e. The van der Waals surface area contributed by atoms with Crippen LogP contribution in [0.4, 0.5) is 0 Å². The van der Waals surface area contributed by atoms with Crippen LogP contribution in [0.25, 0.3) is 63.0 Å². The maximum absolute atomic E-state index is 6.30. The normalized spacial score (nSPS) is 12.2. The molecule has 5 aromatic carbocycles. The van der Waals surface area contributed by atoms with Crippen LogP contribution in [0, 0.1) is 0 Å². The summed E-state index contributed by atoms with van der Waals surface area (Å²) in [6.07, 6.45) is 0. The number of benzene rings is 5. The average Bonchev–Trinajstić information content (AvgIpc) is 3.54. The lowest BCUT2D eigenvalue weighted by atomic mass is 9.93. The van der Waals surface area contributed by atoms with Gasteiger partial charge >= 0.3 is 0 Å². The Kier molecular flexibility index (Phi) is 4.04. The molecular weight excluding hydrogens is 464 g/mol. The number of ether oxygens (including phenoxy) is 1. The van der Waals surface area contributed by atoms with Gasteiger partial charge in [-0.05, 0) is 59.0 Å². The Morgan fingerprint density at radius 2 is 1.31 bits per heavy atom. The number of rotatable bonds is 2. The molecule has 2 aromatic heterocycles. The van der Waals surface area contributed by atoms with E-state index in [1.165, 1.54) is 57.4 Å². The molecule has 7 aromatic rings. The zero-order valence-corrected chi connectivity index (χ0v) is 20.3. The second kappa shape index (κ2) is 7.29. The number of thiophene rings is 2. The highest BCUT2D eigenvalue weighted by molar-refractivity contribution is 7.27. The van der Waals surface area contributed by atoms with E-state index in [4.69, 9.17) is 4.74 Å². The van der Waals surface area contributed by atoms with Gasteiger partial charge in [-0.1, -0.05) is 66.7 Å². The lowest BCUT2D eigenvalue weighted by molar-refractivity contribution is 0.487. The van der Waals surface area contributed by atoms with E-state index in [9.17, 15) is 0 Å². The summed E-state index contributed by atoms with van der Waals surface area (Å²) in [5.41, 5.74) is 4.95. The van der Waals surface area contributed by atoms with Gasteiger partial charge in [0.25, 0.3) is 0 Å². The molecule has 0 atom stereocenters. The van der Waals surface area contributed by atoms with Crippen LogP contribution >= 0.6 is 22.7 Å². The van der Waals surface area contributed by atoms with Gasteiger partial charge in [0, 0.05) is 46.4 Å². The summed E-state index contributed by atoms with van der Waals surface area (Å²) in [5, 5.41) is 5.10. The van der Waals surface area contributed by atoms with E-state index < -0.39 is 0 Å². The molecule has 0 spiro atoms. The highest BCUT2D eigenvalue weighted by Gasteiger charge is 2.20. The molecule has 0 N–H and O–H groups in total. The molecule has 1 nitrogen and oxygen atoms in total. The fourth-order valence-electron chi connectivity index (χ4n) is 5.30. The standard InChI is InChI=1S/C32H18OS2/c1-2-13-29-21(8-1)23-10-5-11-24(32(23)35-29)30-17-16-28(34-30)20-14-15-26-25(18-20)22-9-3-6-19-7-4-12-27(33-26)31(19)22/h1-18H. The molecule has 0 amide bonds. The average molecular weight is 483 g/mol. The molecule has 1 aliphatic heterocycles. The first-order valence-corrected chi connectivity index (χ1v) is 13.3. The van der Waals surface area contributed by atoms with Crippen molar-refractivity contribution in [3.63, 3.8) is 0 Å². The Balaban J connectivity index is 1.26. The van der Waals surface area contributed by atoms with Crippen molar-refractivity contribution in [3.05, 3.63) is 109 Å². The largest absolute Gasteiger partial charge is 0.456 e. The van der Waals surface area contributed by atoms with Gasteiger partial charge in [-0.25, -0.2) is 0 Å². The molecule has 3 heteroatoms. The molecule has 35 heavy (non-hydrogen) atoms. The molecule has 0 radical (unpaired) electrons. The van der Waals surface area contributed by atoms with Gasteiger partial charge in [0.1, 0.15) is 11.5 Å². The first-order chi connectivity index (χ1) is 17.3. The van der Waals surface area contributed by atoms with E-state index in [0.29, 0.717) is 0 Å². The molecule has 3 heterocycles. The van der Waals surface area contributed by atoms with Crippen molar-refractivity contribution in [1.29, 1.82) is 0 Å². The number of fused-ring (bicyclic) bond motifs is 5. The lowest BCUT2D eigenvalue weighted by Crippen LogP contribution is -1.97. The third kappa shape index (κ3) is 2.86. The van der Waals surface area contributed by atoms with Crippen LogP contribution < -0.4 is 4.74 Å². The quantitative estimate of drug-likeness (QED) is 0.238. The van der Waals surface area contributed by atoms with Gasteiger partial charge in [0.15, 0.2) is 0 Å². The summed E-state index contributed by atoms with van der Waals surface area (Å²) in [6.45, 7) is 0. The van der Waals surface area contributed by atoms with E-state index in [1.54, 1.807) is 0 Å². The summed E-state index contributed by atoms with van der Waals surface area (Å²) in [6, 6.07) is 39.3. The van der Waals surface area contributed by atoms with Crippen molar-refractivity contribution in [1.82, 2.24) is 0 Å². The van der Waals surface area contributed by atoms with Crippen LogP contribution in [0.3, 0.4) is 0 Å². The van der Waals surface area contributed by atoms with E-state index in [2.05, 4.69) is 109 Å². The predicted octanol–water partition coefficient (Wildman–Crippen LogP) is 10.4. The van der Waals surface area contributed by atoms with Crippen LogP contribution in [0.5, 0.6) is 11.5 Å². The summed E-state index contributed by atoms with van der Waals surface area (Å²) in [5.74, 6) is 1.86. The Bertz CT molecular complexity index is 1930. The van der Waals surface area contributed by atoms with Gasteiger partial charge in [-0.15, -0.1) is 22.7 Å². The first-order valence-electron chi connectivity index (χ1n) is 11.7. The topological polar surface area (TPSA) is 9.23 Å². The third-order valence-electron chi connectivity index (χ3n) is 6.92. The molecule has 8 rings (SSSR count).